The van der Waals surface area contributed by atoms with E-state index < -0.39 is 0 Å². The maximum absolute atomic E-state index is 12.4. The normalized spacial score (nSPS) is 10.7. The third-order valence-electron chi connectivity index (χ3n) is 2.98. The van der Waals surface area contributed by atoms with E-state index in [-0.39, 0.29) is 5.91 Å². The maximum Gasteiger partial charge on any atom is 0.256 e. The molecule has 0 fully saturated rings. The number of hydrogen-bond acceptors (Lipinski definition) is 4. The highest BCUT2D eigenvalue weighted by molar-refractivity contribution is 9.10. The summed E-state index contributed by atoms with van der Waals surface area (Å²) in [6.07, 6.45) is 0. The van der Waals surface area contributed by atoms with Crippen molar-refractivity contribution in [3.63, 3.8) is 0 Å². The number of nitrogens with zero attached hydrogens (tertiary/aromatic N) is 2. The number of nitrogens with one attached hydrogen (secondary N) is 1. The van der Waals surface area contributed by atoms with Crippen molar-refractivity contribution in [3.05, 3.63) is 52.0 Å². The Kier molecular flexibility index (Phi) is 3.50. The topological polar surface area (TPSA) is 54.9 Å². The van der Waals surface area contributed by atoms with Gasteiger partial charge in [0.1, 0.15) is 11.0 Å². The number of anilines is 1. The molecule has 1 aromatic heterocycles. The van der Waals surface area contributed by atoms with Crippen molar-refractivity contribution in [2.45, 2.75) is 6.92 Å². The molecule has 0 aliphatic carbocycles. The molecule has 0 saturated carbocycles. The summed E-state index contributed by atoms with van der Waals surface area (Å²) in [7, 11) is 0. The number of fused-ring (bicyclic) bond motifs is 1. The van der Waals surface area contributed by atoms with Crippen LogP contribution in [0.25, 0.3) is 11.0 Å². The van der Waals surface area contributed by atoms with Gasteiger partial charge in [-0.15, -0.1) is 0 Å². The molecular weight excluding hydrogens is 338 g/mol. The molecule has 0 atom stereocenters. The number of amides is 1. The molecule has 0 aliphatic heterocycles. The summed E-state index contributed by atoms with van der Waals surface area (Å²) in [4.78, 5) is 12.4. The Hall–Kier alpha value is -1.79. The minimum absolute atomic E-state index is 0.149. The van der Waals surface area contributed by atoms with Gasteiger partial charge in [-0.25, -0.2) is 0 Å². The molecular formula is C14H10BrN3OS. The van der Waals surface area contributed by atoms with Crippen molar-refractivity contribution < 1.29 is 4.79 Å². The number of hydrogen-bond donors (Lipinski definition) is 1. The van der Waals surface area contributed by atoms with Gasteiger partial charge in [0.25, 0.3) is 5.91 Å². The number of halogens is 1. The van der Waals surface area contributed by atoms with Crippen LogP contribution >= 0.6 is 27.7 Å². The zero-order valence-corrected chi connectivity index (χ0v) is 13.0. The van der Waals surface area contributed by atoms with Crippen LogP contribution in [0.15, 0.2) is 40.9 Å². The molecule has 0 aliphatic rings. The predicted molar refractivity (Wildman–Crippen MR) is 84.2 cm³/mol. The van der Waals surface area contributed by atoms with Crippen LogP contribution < -0.4 is 5.32 Å². The van der Waals surface area contributed by atoms with Crippen LogP contribution in [0.5, 0.6) is 0 Å². The fraction of sp³-hybridized carbons (Fsp3) is 0.0714. The third-order valence-corrected chi connectivity index (χ3v) is 4.01. The minimum atomic E-state index is -0.149. The number of carbonyl (C=O) groups is 1. The highest BCUT2D eigenvalue weighted by atomic mass is 79.9. The van der Waals surface area contributed by atoms with Gasteiger partial charge in [-0.05, 0) is 36.8 Å². The lowest BCUT2D eigenvalue weighted by atomic mass is 10.1. The van der Waals surface area contributed by atoms with E-state index in [4.69, 9.17) is 0 Å². The Morgan fingerprint density at radius 3 is 2.95 bits per heavy atom. The van der Waals surface area contributed by atoms with E-state index in [1.54, 1.807) is 0 Å². The van der Waals surface area contributed by atoms with Crippen LogP contribution in [0.3, 0.4) is 0 Å². The second-order valence-electron chi connectivity index (χ2n) is 4.35. The molecule has 3 aromatic rings. The monoisotopic (exact) mass is 347 g/mol. The molecule has 0 saturated heterocycles. The molecule has 0 radical (unpaired) electrons. The molecule has 4 nitrogen and oxygen atoms in total. The van der Waals surface area contributed by atoms with Crippen LogP contribution in [0, 0.1) is 6.92 Å². The maximum atomic E-state index is 12.4. The standard InChI is InChI=1S/C14H10BrN3OS/c1-8-5-6-9(15)7-10(8)14(19)16-11-3-2-4-12-13(11)18-20-17-12/h2-7H,1H3,(H,16,19). The van der Waals surface area contributed by atoms with Crippen LogP contribution in [-0.2, 0) is 0 Å². The summed E-state index contributed by atoms with van der Waals surface area (Å²) in [5.41, 5.74) is 3.76. The minimum Gasteiger partial charge on any atom is -0.320 e. The lowest BCUT2D eigenvalue weighted by Gasteiger charge is -2.08. The first-order chi connectivity index (χ1) is 9.65. The molecule has 3 rings (SSSR count). The highest BCUT2D eigenvalue weighted by Gasteiger charge is 2.12. The SMILES string of the molecule is Cc1ccc(Br)cc1C(=O)Nc1cccc2nsnc12. The number of benzene rings is 2. The van der Waals surface area contributed by atoms with Gasteiger partial charge in [0, 0.05) is 10.0 Å². The molecule has 20 heavy (non-hydrogen) atoms. The lowest BCUT2D eigenvalue weighted by molar-refractivity contribution is 0.102. The van der Waals surface area contributed by atoms with Gasteiger partial charge >= 0.3 is 0 Å². The van der Waals surface area contributed by atoms with E-state index in [1.807, 2.05) is 43.3 Å². The van der Waals surface area contributed by atoms with Crippen molar-refractivity contribution in [2.24, 2.45) is 0 Å². The average molecular weight is 348 g/mol. The molecule has 0 spiro atoms. The number of aromatic nitrogens is 2. The van der Waals surface area contributed by atoms with E-state index >= 15 is 0 Å². The Morgan fingerprint density at radius 1 is 1.25 bits per heavy atom. The van der Waals surface area contributed by atoms with E-state index in [1.165, 1.54) is 0 Å². The van der Waals surface area contributed by atoms with Gasteiger partial charge < -0.3 is 5.32 Å². The Bertz CT molecular complexity index is 800. The smallest absolute Gasteiger partial charge is 0.256 e. The van der Waals surface area contributed by atoms with E-state index in [9.17, 15) is 4.79 Å². The van der Waals surface area contributed by atoms with E-state index in [2.05, 4.69) is 30.0 Å². The van der Waals surface area contributed by atoms with E-state index in [0.29, 0.717) is 11.3 Å². The summed E-state index contributed by atoms with van der Waals surface area (Å²) < 4.78 is 9.25. The van der Waals surface area contributed by atoms with Gasteiger partial charge in [-0.2, -0.15) is 8.75 Å². The van der Waals surface area contributed by atoms with Gasteiger partial charge in [-0.3, -0.25) is 4.79 Å². The number of aryl methyl sites for hydroxylation is 1. The first-order valence-corrected chi connectivity index (χ1v) is 7.46. The zero-order valence-electron chi connectivity index (χ0n) is 10.6. The Labute approximate surface area is 128 Å². The molecule has 0 bridgehead atoms. The summed E-state index contributed by atoms with van der Waals surface area (Å²) in [5, 5.41) is 2.90. The van der Waals surface area contributed by atoms with Crippen molar-refractivity contribution in [1.29, 1.82) is 0 Å². The third kappa shape index (κ3) is 2.44. The Balaban J connectivity index is 1.96. The van der Waals surface area contributed by atoms with Gasteiger partial charge in [0.15, 0.2) is 0 Å². The average Bonchev–Trinajstić information content (AvgIpc) is 2.91. The van der Waals surface area contributed by atoms with Gasteiger partial charge in [0.2, 0.25) is 0 Å². The summed E-state index contributed by atoms with van der Waals surface area (Å²) >= 11 is 4.52. The lowest BCUT2D eigenvalue weighted by Crippen LogP contribution is -2.13. The number of rotatable bonds is 2. The van der Waals surface area contributed by atoms with Crippen LogP contribution in [0.4, 0.5) is 5.69 Å². The van der Waals surface area contributed by atoms with Crippen molar-refractivity contribution >= 4 is 50.3 Å². The first-order valence-electron chi connectivity index (χ1n) is 5.94. The largest absolute Gasteiger partial charge is 0.320 e. The summed E-state index contributed by atoms with van der Waals surface area (Å²) in [6.45, 7) is 1.91. The van der Waals surface area contributed by atoms with E-state index in [0.717, 1.165) is 32.8 Å². The molecule has 1 heterocycles. The highest BCUT2D eigenvalue weighted by Crippen LogP contribution is 2.23. The van der Waals surface area contributed by atoms with Gasteiger partial charge in [-0.1, -0.05) is 28.1 Å². The van der Waals surface area contributed by atoms with Crippen molar-refractivity contribution in [3.8, 4) is 0 Å². The second kappa shape index (κ2) is 5.30. The second-order valence-corrected chi connectivity index (χ2v) is 5.80. The molecule has 0 unspecified atom stereocenters. The van der Waals surface area contributed by atoms with Crippen molar-refractivity contribution in [1.82, 2.24) is 8.75 Å². The predicted octanol–water partition coefficient (Wildman–Crippen LogP) is 4.01. The zero-order chi connectivity index (χ0) is 14.1. The quantitative estimate of drug-likeness (QED) is 0.761. The fourth-order valence-corrected chi connectivity index (χ4v) is 2.85. The van der Waals surface area contributed by atoms with Crippen LogP contribution in [0.2, 0.25) is 0 Å². The van der Waals surface area contributed by atoms with Crippen LogP contribution in [0.1, 0.15) is 15.9 Å². The van der Waals surface area contributed by atoms with Crippen molar-refractivity contribution in [2.75, 3.05) is 5.32 Å². The molecule has 6 heteroatoms. The molecule has 1 N–H and O–H groups in total. The molecule has 100 valence electrons. The first kappa shape index (κ1) is 13.2. The van der Waals surface area contributed by atoms with Gasteiger partial charge in [0.05, 0.1) is 17.4 Å². The fourth-order valence-electron chi connectivity index (χ4n) is 1.94. The number of carbonyl (C=O) groups excluding carboxylic acids is 1. The molecule has 1 amide bonds. The van der Waals surface area contributed by atoms with Crippen LogP contribution in [-0.4, -0.2) is 14.7 Å². The summed E-state index contributed by atoms with van der Waals surface area (Å²) in [6, 6.07) is 11.2. The summed E-state index contributed by atoms with van der Waals surface area (Å²) in [5.74, 6) is -0.149. The Morgan fingerprint density at radius 2 is 2.10 bits per heavy atom. The molecule has 2 aromatic carbocycles.